The summed E-state index contributed by atoms with van der Waals surface area (Å²) >= 11 is 0. The van der Waals surface area contributed by atoms with E-state index in [1.807, 2.05) is 6.08 Å². The highest BCUT2D eigenvalue weighted by Crippen LogP contribution is 2.66. The second-order valence-corrected chi connectivity index (χ2v) is 9.43. The first kappa shape index (κ1) is 17.2. The average molecular weight is 341 g/mol. The predicted octanol–water partition coefficient (Wildman–Crippen LogP) is 5.28. The minimum absolute atomic E-state index is 0.0796. The van der Waals surface area contributed by atoms with Crippen molar-refractivity contribution < 1.29 is 9.59 Å². The zero-order valence-electron chi connectivity index (χ0n) is 16.2. The van der Waals surface area contributed by atoms with Gasteiger partial charge in [-0.3, -0.25) is 9.59 Å². The summed E-state index contributed by atoms with van der Waals surface area (Å²) in [4.78, 5) is 25.0. The SMILES string of the molecule is CC=C1C[C@@H]2[C@H](CC[C@]3(C)C(=O)CC[C@@H]23)[C@]2(C)C1=CC(=O)C[C@H]2CC. The molecule has 25 heavy (non-hydrogen) atoms. The summed E-state index contributed by atoms with van der Waals surface area (Å²) in [5.41, 5.74) is 2.76. The molecule has 0 heterocycles. The molecule has 0 spiro atoms. The summed E-state index contributed by atoms with van der Waals surface area (Å²) in [7, 11) is 0. The molecular formula is C23H32O2. The second kappa shape index (κ2) is 5.66. The first-order valence-corrected chi connectivity index (χ1v) is 10.3. The molecule has 0 aliphatic heterocycles. The van der Waals surface area contributed by atoms with E-state index in [1.165, 1.54) is 11.1 Å². The van der Waals surface area contributed by atoms with E-state index in [4.69, 9.17) is 0 Å². The monoisotopic (exact) mass is 340 g/mol. The standard InChI is InChI=1S/C23H32O2/c1-5-14-11-17-18-7-8-21(25)22(18,3)10-9-19(17)23(4)15(6-2)12-16(24)13-20(14)23/h5,13,15,17-19H,6-12H2,1-4H3/t15-,17+,18+,19+,22+,23-/m1/s1. The Labute approximate surface area is 152 Å². The smallest absolute Gasteiger partial charge is 0.156 e. The third-order valence-corrected chi connectivity index (χ3v) is 8.74. The van der Waals surface area contributed by atoms with Crippen molar-refractivity contribution in [3.05, 3.63) is 23.3 Å². The Hall–Kier alpha value is -1.18. The summed E-state index contributed by atoms with van der Waals surface area (Å²) in [5.74, 6) is 3.06. The van der Waals surface area contributed by atoms with Crippen LogP contribution in [0.1, 0.15) is 72.6 Å². The van der Waals surface area contributed by atoms with Gasteiger partial charge in [-0.05, 0) is 78.9 Å². The number of carbonyl (C=O) groups is 2. The van der Waals surface area contributed by atoms with E-state index in [2.05, 4.69) is 33.8 Å². The third kappa shape index (κ3) is 2.15. The fraction of sp³-hybridized carbons (Fsp3) is 0.739. The molecule has 136 valence electrons. The molecule has 0 saturated heterocycles. The molecule has 0 unspecified atom stereocenters. The molecule has 4 rings (SSSR count). The number of carbonyl (C=O) groups excluding carboxylic acids is 2. The molecule has 6 atom stereocenters. The molecular weight excluding hydrogens is 308 g/mol. The molecule has 3 fully saturated rings. The van der Waals surface area contributed by atoms with Crippen LogP contribution in [0.3, 0.4) is 0 Å². The van der Waals surface area contributed by atoms with Crippen molar-refractivity contribution in [1.29, 1.82) is 0 Å². The fourth-order valence-electron chi connectivity index (χ4n) is 7.28. The highest BCUT2D eigenvalue weighted by molar-refractivity contribution is 5.93. The van der Waals surface area contributed by atoms with E-state index in [1.54, 1.807) is 0 Å². The highest BCUT2D eigenvalue weighted by Gasteiger charge is 2.61. The Morgan fingerprint density at radius 2 is 1.92 bits per heavy atom. The van der Waals surface area contributed by atoms with Gasteiger partial charge < -0.3 is 0 Å². The van der Waals surface area contributed by atoms with Crippen LogP contribution in [0, 0.1) is 34.5 Å². The number of Topliss-reactive ketones (excluding diaryl/α,β-unsaturated/α-hetero) is 1. The normalized spacial score (nSPS) is 48.0. The van der Waals surface area contributed by atoms with Crippen molar-refractivity contribution in [2.45, 2.75) is 72.6 Å². The zero-order chi connectivity index (χ0) is 18.0. The number of ketones is 2. The Balaban J connectivity index is 1.83. The minimum atomic E-state index is -0.0796. The van der Waals surface area contributed by atoms with Gasteiger partial charge in [0, 0.05) is 18.3 Å². The number of fused-ring (bicyclic) bond motifs is 5. The van der Waals surface area contributed by atoms with Gasteiger partial charge in [0.05, 0.1) is 0 Å². The van der Waals surface area contributed by atoms with Crippen LogP contribution in [0.5, 0.6) is 0 Å². The van der Waals surface area contributed by atoms with Crippen molar-refractivity contribution in [1.82, 2.24) is 0 Å². The topological polar surface area (TPSA) is 34.1 Å². The van der Waals surface area contributed by atoms with E-state index < -0.39 is 0 Å². The summed E-state index contributed by atoms with van der Waals surface area (Å²) in [6, 6.07) is 0. The largest absolute Gasteiger partial charge is 0.299 e. The van der Waals surface area contributed by atoms with E-state index >= 15 is 0 Å². The van der Waals surface area contributed by atoms with Crippen LogP contribution in [-0.4, -0.2) is 11.6 Å². The quantitative estimate of drug-likeness (QED) is 0.651. The lowest BCUT2D eigenvalue weighted by atomic mass is 9.44. The summed E-state index contributed by atoms with van der Waals surface area (Å²) in [5, 5.41) is 0. The number of rotatable bonds is 1. The minimum Gasteiger partial charge on any atom is -0.299 e. The lowest BCUT2D eigenvalue weighted by molar-refractivity contribution is -0.133. The summed E-state index contributed by atoms with van der Waals surface area (Å²) in [6.45, 7) is 9.06. The molecule has 0 bridgehead atoms. The first-order valence-electron chi connectivity index (χ1n) is 10.3. The molecule has 3 saturated carbocycles. The van der Waals surface area contributed by atoms with Crippen LogP contribution in [-0.2, 0) is 9.59 Å². The molecule has 4 aliphatic carbocycles. The van der Waals surface area contributed by atoms with Crippen molar-refractivity contribution in [2.24, 2.45) is 34.5 Å². The van der Waals surface area contributed by atoms with Gasteiger partial charge in [-0.1, -0.05) is 33.3 Å². The zero-order valence-corrected chi connectivity index (χ0v) is 16.2. The number of allylic oxidation sites excluding steroid dienone is 3. The molecule has 0 radical (unpaired) electrons. The average Bonchev–Trinajstić information content (AvgIpc) is 2.90. The van der Waals surface area contributed by atoms with E-state index in [0.717, 1.165) is 38.5 Å². The lowest BCUT2D eigenvalue weighted by Gasteiger charge is -2.59. The molecule has 0 amide bonds. The van der Waals surface area contributed by atoms with E-state index in [0.29, 0.717) is 41.7 Å². The lowest BCUT2D eigenvalue weighted by Crippen LogP contribution is -2.54. The van der Waals surface area contributed by atoms with E-state index in [-0.39, 0.29) is 10.8 Å². The Kier molecular flexibility index (Phi) is 3.90. The van der Waals surface area contributed by atoms with E-state index in [9.17, 15) is 9.59 Å². The maximum Gasteiger partial charge on any atom is 0.156 e. The first-order chi connectivity index (χ1) is 11.9. The van der Waals surface area contributed by atoms with Gasteiger partial charge in [0.25, 0.3) is 0 Å². The van der Waals surface area contributed by atoms with Crippen LogP contribution in [0.4, 0.5) is 0 Å². The molecule has 0 aromatic heterocycles. The Bertz CT molecular complexity index is 684. The second-order valence-electron chi connectivity index (χ2n) is 9.43. The van der Waals surface area contributed by atoms with Gasteiger partial charge in [0.1, 0.15) is 5.78 Å². The van der Waals surface area contributed by atoms with Crippen molar-refractivity contribution in [3.63, 3.8) is 0 Å². The molecule has 0 aromatic carbocycles. The summed E-state index contributed by atoms with van der Waals surface area (Å²) in [6.07, 6.45) is 11.1. The molecule has 2 nitrogen and oxygen atoms in total. The predicted molar refractivity (Wildman–Crippen MR) is 100 cm³/mol. The molecule has 4 aliphatic rings. The van der Waals surface area contributed by atoms with Gasteiger partial charge in [-0.2, -0.15) is 0 Å². The summed E-state index contributed by atoms with van der Waals surface area (Å²) < 4.78 is 0. The molecule has 0 N–H and O–H groups in total. The van der Waals surface area contributed by atoms with Crippen LogP contribution in [0.2, 0.25) is 0 Å². The van der Waals surface area contributed by atoms with Gasteiger partial charge in [-0.15, -0.1) is 0 Å². The van der Waals surface area contributed by atoms with Crippen molar-refractivity contribution in [3.8, 4) is 0 Å². The van der Waals surface area contributed by atoms with Crippen molar-refractivity contribution >= 4 is 11.6 Å². The van der Waals surface area contributed by atoms with Crippen LogP contribution in [0.15, 0.2) is 23.3 Å². The van der Waals surface area contributed by atoms with Crippen LogP contribution < -0.4 is 0 Å². The van der Waals surface area contributed by atoms with Gasteiger partial charge >= 0.3 is 0 Å². The van der Waals surface area contributed by atoms with Crippen LogP contribution >= 0.6 is 0 Å². The molecule has 2 heteroatoms. The number of hydrogen-bond acceptors (Lipinski definition) is 2. The maximum absolute atomic E-state index is 12.6. The Morgan fingerprint density at radius 1 is 1.16 bits per heavy atom. The van der Waals surface area contributed by atoms with Gasteiger partial charge in [-0.25, -0.2) is 0 Å². The highest BCUT2D eigenvalue weighted by atomic mass is 16.1. The fourth-order valence-corrected chi connectivity index (χ4v) is 7.28. The molecule has 0 aromatic rings. The van der Waals surface area contributed by atoms with Crippen LogP contribution in [0.25, 0.3) is 0 Å². The maximum atomic E-state index is 12.6. The van der Waals surface area contributed by atoms with Gasteiger partial charge in [0.2, 0.25) is 0 Å². The Morgan fingerprint density at radius 3 is 2.60 bits per heavy atom. The van der Waals surface area contributed by atoms with Gasteiger partial charge in [0.15, 0.2) is 5.78 Å². The number of hydrogen-bond donors (Lipinski definition) is 0. The third-order valence-electron chi connectivity index (χ3n) is 8.74. The van der Waals surface area contributed by atoms with Crippen molar-refractivity contribution in [2.75, 3.05) is 0 Å².